The third kappa shape index (κ3) is 3.45. The molecule has 3 nitrogen and oxygen atoms in total. The third-order valence-corrected chi connectivity index (χ3v) is 2.67. The first-order valence-corrected chi connectivity index (χ1v) is 6.14. The van der Waals surface area contributed by atoms with Crippen LogP contribution in [-0.4, -0.2) is 28.3 Å². The highest BCUT2D eigenvalue weighted by atomic mass is 35.5. The maximum Gasteiger partial charge on any atom is 0.0645 e. The molecular formula is C14H16ClN3. The lowest BCUT2D eigenvalue weighted by Gasteiger charge is -2.13. The van der Waals surface area contributed by atoms with Gasteiger partial charge in [0.15, 0.2) is 0 Å². The molecule has 0 unspecified atom stereocenters. The fourth-order valence-corrected chi connectivity index (χ4v) is 2.03. The number of likely N-dealkylation sites (N-methyl/N-ethyl adjacent to an activating group) is 1. The summed E-state index contributed by atoms with van der Waals surface area (Å²) in [4.78, 5) is 2.10. The largest absolute Gasteiger partial charge is 0.297 e. The fourth-order valence-electron chi connectivity index (χ4n) is 1.82. The Kier molecular flexibility index (Phi) is 4.18. The summed E-state index contributed by atoms with van der Waals surface area (Å²) < 4.78 is 1.87. The summed E-state index contributed by atoms with van der Waals surface area (Å²) >= 11 is 5.78. The van der Waals surface area contributed by atoms with Crippen LogP contribution in [0, 0.1) is 0 Å². The van der Waals surface area contributed by atoms with Gasteiger partial charge >= 0.3 is 0 Å². The smallest absolute Gasteiger partial charge is 0.0645 e. The van der Waals surface area contributed by atoms with E-state index in [1.165, 1.54) is 0 Å². The van der Waals surface area contributed by atoms with E-state index in [0.717, 1.165) is 17.8 Å². The highest BCUT2D eigenvalue weighted by molar-refractivity contribution is 6.29. The second kappa shape index (κ2) is 5.85. The van der Waals surface area contributed by atoms with Crippen LogP contribution in [0.3, 0.4) is 0 Å². The fraction of sp³-hybridized carbons (Fsp3) is 0.214. The average Bonchev–Trinajstić information content (AvgIpc) is 2.77. The van der Waals surface area contributed by atoms with Crippen LogP contribution >= 0.6 is 11.6 Å². The number of para-hydroxylation sites is 1. The second-order valence-corrected chi connectivity index (χ2v) is 4.85. The van der Waals surface area contributed by atoms with E-state index in [0.29, 0.717) is 11.6 Å². The number of halogens is 1. The van der Waals surface area contributed by atoms with Gasteiger partial charge in [0.25, 0.3) is 0 Å². The molecule has 0 aliphatic carbocycles. The van der Waals surface area contributed by atoms with E-state index in [1.807, 2.05) is 54.5 Å². The molecule has 1 heterocycles. The molecule has 1 aromatic heterocycles. The molecule has 0 fully saturated rings. The quantitative estimate of drug-likeness (QED) is 0.825. The van der Waals surface area contributed by atoms with Gasteiger partial charge in [0, 0.05) is 29.9 Å². The Morgan fingerprint density at radius 1 is 1.39 bits per heavy atom. The summed E-state index contributed by atoms with van der Waals surface area (Å²) in [6.45, 7) is 5.18. The van der Waals surface area contributed by atoms with Crippen molar-refractivity contribution in [3.63, 3.8) is 0 Å². The minimum Gasteiger partial charge on any atom is -0.297 e. The predicted octanol–water partition coefficient (Wildman–Crippen LogP) is 3.06. The number of nitrogens with zero attached hydrogens (tertiary/aromatic N) is 3. The molecule has 0 spiro atoms. The maximum absolute atomic E-state index is 5.78. The summed E-state index contributed by atoms with van der Waals surface area (Å²) in [5, 5.41) is 5.00. The molecule has 0 bridgehead atoms. The van der Waals surface area contributed by atoms with Crippen LogP contribution < -0.4 is 0 Å². The molecule has 0 aliphatic rings. The van der Waals surface area contributed by atoms with Crippen LogP contribution in [0.5, 0.6) is 0 Å². The molecule has 0 radical (unpaired) electrons. The van der Waals surface area contributed by atoms with Gasteiger partial charge in [0.1, 0.15) is 0 Å². The van der Waals surface area contributed by atoms with Gasteiger partial charge in [0.2, 0.25) is 0 Å². The summed E-state index contributed by atoms with van der Waals surface area (Å²) in [6.07, 6.45) is 3.91. The number of hydrogen-bond acceptors (Lipinski definition) is 2. The molecule has 94 valence electrons. The highest BCUT2D eigenvalue weighted by Crippen LogP contribution is 2.10. The van der Waals surface area contributed by atoms with Crippen LogP contribution in [0.25, 0.3) is 5.69 Å². The number of rotatable bonds is 5. The van der Waals surface area contributed by atoms with Gasteiger partial charge in [-0.25, -0.2) is 4.68 Å². The first kappa shape index (κ1) is 12.9. The lowest BCUT2D eigenvalue weighted by Crippen LogP contribution is -2.18. The Balaban J connectivity index is 2.05. The van der Waals surface area contributed by atoms with Crippen molar-refractivity contribution in [3.8, 4) is 5.69 Å². The molecule has 0 N–H and O–H groups in total. The van der Waals surface area contributed by atoms with E-state index in [9.17, 15) is 0 Å². The topological polar surface area (TPSA) is 21.1 Å². The van der Waals surface area contributed by atoms with Gasteiger partial charge in [-0.15, -0.1) is 0 Å². The van der Waals surface area contributed by atoms with Crippen LogP contribution in [0.15, 0.2) is 54.3 Å². The Morgan fingerprint density at radius 3 is 2.78 bits per heavy atom. The standard InChI is InChI=1S/C14H16ClN3/c1-12(15)9-17(2)10-13-8-16-18(11-13)14-6-4-3-5-7-14/h3-8,11H,1,9-10H2,2H3. The van der Waals surface area contributed by atoms with Gasteiger partial charge in [-0.2, -0.15) is 5.10 Å². The number of aromatic nitrogens is 2. The Morgan fingerprint density at radius 2 is 2.11 bits per heavy atom. The zero-order chi connectivity index (χ0) is 13.0. The zero-order valence-corrected chi connectivity index (χ0v) is 11.1. The van der Waals surface area contributed by atoms with Crippen molar-refractivity contribution in [1.29, 1.82) is 0 Å². The minimum absolute atomic E-state index is 0.646. The highest BCUT2D eigenvalue weighted by Gasteiger charge is 2.04. The van der Waals surface area contributed by atoms with Crippen molar-refractivity contribution in [2.45, 2.75) is 6.54 Å². The number of benzene rings is 1. The Hall–Kier alpha value is -1.58. The average molecular weight is 262 g/mol. The lowest BCUT2D eigenvalue weighted by atomic mass is 10.3. The normalized spacial score (nSPS) is 10.8. The van der Waals surface area contributed by atoms with E-state index in [1.54, 1.807) is 0 Å². The molecule has 0 aliphatic heterocycles. The third-order valence-electron chi connectivity index (χ3n) is 2.55. The molecule has 0 atom stereocenters. The van der Waals surface area contributed by atoms with Gasteiger partial charge in [-0.3, -0.25) is 4.90 Å². The van der Waals surface area contributed by atoms with Gasteiger partial charge in [-0.05, 0) is 19.2 Å². The van der Waals surface area contributed by atoms with Crippen molar-refractivity contribution < 1.29 is 0 Å². The van der Waals surface area contributed by atoms with Gasteiger partial charge in [-0.1, -0.05) is 36.4 Å². The van der Waals surface area contributed by atoms with Crippen molar-refractivity contribution in [2.75, 3.05) is 13.6 Å². The van der Waals surface area contributed by atoms with E-state index in [4.69, 9.17) is 11.6 Å². The van der Waals surface area contributed by atoms with Gasteiger partial charge in [0.05, 0.1) is 11.9 Å². The Labute approximate surface area is 112 Å². The maximum atomic E-state index is 5.78. The molecule has 0 amide bonds. The van der Waals surface area contributed by atoms with Crippen LogP contribution in [-0.2, 0) is 6.54 Å². The molecular weight excluding hydrogens is 246 g/mol. The zero-order valence-electron chi connectivity index (χ0n) is 10.4. The molecule has 2 rings (SSSR count). The lowest BCUT2D eigenvalue weighted by molar-refractivity contribution is 0.361. The van der Waals surface area contributed by atoms with E-state index in [-0.39, 0.29) is 0 Å². The molecule has 4 heteroatoms. The van der Waals surface area contributed by atoms with Crippen molar-refractivity contribution in [2.24, 2.45) is 0 Å². The summed E-state index contributed by atoms with van der Waals surface area (Å²) in [5.74, 6) is 0. The summed E-state index contributed by atoms with van der Waals surface area (Å²) in [7, 11) is 2.01. The van der Waals surface area contributed by atoms with Crippen molar-refractivity contribution in [3.05, 3.63) is 59.9 Å². The summed E-state index contributed by atoms with van der Waals surface area (Å²) in [5.41, 5.74) is 2.22. The molecule has 2 aromatic rings. The molecule has 18 heavy (non-hydrogen) atoms. The van der Waals surface area contributed by atoms with Crippen LogP contribution in [0.4, 0.5) is 0 Å². The molecule has 0 saturated carbocycles. The number of hydrogen-bond donors (Lipinski definition) is 0. The van der Waals surface area contributed by atoms with Crippen molar-refractivity contribution in [1.82, 2.24) is 14.7 Å². The first-order valence-electron chi connectivity index (χ1n) is 5.76. The second-order valence-electron chi connectivity index (χ2n) is 4.32. The molecule has 1 aromatic carbocycles. The van der Waals surface area contributed by atoms with Crippen LogP contribution in [0.1, 0.15) is 5.56 Å². The van der Waals surface area contributed by atoms with E-state index < -0.39 is 0 Å². The minimum atomic E-state index is 0.646. The Bertz CT molecular complexity index is 519. The van der Waals surface area contributed by atoms with E-state index >= 15 is 0 Å². The van der Waals surface area contributed by atoms with Crippen molar-refractivity contribution >= 4 is 11.6 Å². The summed E-state index contributed by atoms with van der Waals surface area (Å²) in [6, 6.07) is 10.1. The predicted molar refractivity (Wildman–Crippen MR) is 74.9 cm³/mol. The van der Waals surface area contributed by atoms with Gasteiger partial charge < -0.3 is 0 Å². The molecule has 0 saturated heterocycles. The van der Waals surface area contributed by atoms with E-state index in [2.05, 4.69) is 16.6 Å². The monoisotopic (exact) mass is 261 g/mol. The SMILES string of the molecule is C=C(Cl)CN(C)Cc1cnn(-c2ccccc2)c1. The van der Waals surface area contributed by atoms with Crippen LogP contribution in [0.2, 0.25) is 0 Å². The first-order chi connectivity index (χ1) is 8.65.